The predicted molar refractivity (Wildman–Crippen MR) is 49.7 cm³/mol. The smallest absolute Gasteiger partial charge is 0.437 e. The van der Waals surface area contributed by atoms with E-state index in [2.05, 4.69) is 9.47 Å². The van der Waals surface area contributed by atoms with Crippen molar-refractivity contribution in [3.63, 3.8) is 0 Å². The third-order valence-corrected chi connectivity index (χ3v) is 1.92. The molecule has 0 spiro atoms. The molecule has 1 unspecified atom stereocenters. The van der Waals surface area contributed by atoms with Gasteiger partial charge in [-0.1, -0.05) is 0 Å². The second-order valence-corrected chi connectivity index (χ2v) is 2.77. The van der Waals surface area contributed by atoms with Crippen LogP contribution in [0.5, 0.6) is 0 Å². The molecule has 0 saturated carbocycles. The van der Waals surface area contributed by atoms with Gasteiger partial charge in [0.25, 0.3) is 0 Å². The average Bonchev–Trinajstić information content (AvgIpc) is 2.51. The van der Waals surface area contributed by atoms with Crippen molar-refractivity contribution in [3.8, 4) is 0 Å². The molecule has 0 aromatic heterocycles. The molecule has 1 aliphatic heterocycles. The first-order valence-corrected chi connectivity index (χ1v) is 3.96. The molecule has 0 aliphatic carbocycles. The molecule has 6 nitrogen and oxygen atoms in total. The first-order valence-electron chi connectivity index (χ1n) is 3.96. The summed E-state index contributed by atoms with van der Waals surface area (Å²) in [6.45, 7) is 0.640. The number of halogens is 1. The molecule has 1 aliphatic rings. The number of nitrogens with two attached hydrogens (primary N) is 1. The second kappa shape index (κ2) is 5.79. The third kappa shape index (κ3) is 3.13. The van der Waals surface area contributed by atoms with E-state index in [0.717, 1.165) is 13.5 Å². The van der Waals surface area contributed by atoms with Crippen molar-refractivity contribution >= 4 is 24.5 Å². The number of rotatable bonds is 1. The van der Waals surface area contributed by atoms with E-state index in [-0.39, 0.29) is 12.4 Å². The molecular weight excluding hydrogens is 212 g/mol. The van der Waals surface area contributed by atoms with E-state index < -0.39 is 18.2 Å². The largest absolute Gasteiger partial charge is 0.515 e. The zero-order valence-corrected chi connectivity index (χ0v) is 8.58. The Morgan fingerprint density at radius 3 is 2.57 bits per heavy atom. The van der Waals surface area contributed by atoms with Crippen LogP contribution in [0.2, 0.25) is 0 Å². The van der Waals surface area contributed by atoms with Gasteiger partial charge in [-0.25, -0.2) is 14.6 Å². The normalized spacial score (nSPS) is 21.1. The van der Waals surface area contributed by atoms with Crippen molar-refractivity contribution in [1.82, 2.24) is 5.01 Å². The number of hydrogen-bond donors (Lipinski definition) is 1. The SMILES string of the molecule is COC(=O)OC(=O)C1CCCN1N.Cl. The summed E-state index contributed by atoms with van der Waals surface area (Å²) in [5.41, 5.74) is 0. The maximum Gasteiger partial charge on any atom is 0.515 e. The van der Waals surface area contributed by atoms with Crippen LogP contribution in [-0.2, 0) is 14.3 Å². The van der Waals surface area contributed by atoms with Gasteiger partial charge in [-0.05, 0) is 12.8 Å². The van der Waals surface area contributed by atoms with E-state index in [0.29, 0.717) is 13.0 Å². The van der Waals surface area contributed by atoms with Gasteiger partial charge in [0.1, 0.15) is 6.04 Å². The maximum atomic E-state index is 11.2. The van der Waals surface area contributed by atoms with Crippen molar-refractivity contribution in [1.29, 1.82) is 0 Å². The molecule has 2 N–H and O–H groups in total. The van der Waals surface area contributed by atoms with Gasteiger partial charge in [0.15, 0.2) is 0 Å². The van der Waals surface area contributed by atoms with E-state index in [9.17, 15) is 9.59 Å². The van der Waals surface area contributed by atoms with Crippen molar-refractivity contribution in [2.75, 3.05) is 13.7 Å². The van der Waals surface area contributed by atoms with Crippen LogP contribution in [0.15, 0.2) is 0 Å². The monoisotopic (exact) mass is 224 g/mol. The summed E-state index contributed by atoms with van der Waals surface area (Å²) >= 11 is 0. The van der Waals surface area contributed by atoms with E-state index >= 15 is 0 Å². The van der Waals surface area contributed by atoms with E-state index in [1.165, 1.54) is 5.01 Å². The van der Waals surface area contributed by atoms with E-state index in [4.69, 9.17) is 5.84 Å². The van der Waals surface area contributed by atoms with Crippen LogP contribution in [0.3, 0.4) is 0 Å². The van der Waals surface area contributed by atoms with Gasteiger partial charge in [0.05, 0.1) is 7.11 Å². The molecule has 82 valence electrons. The minimum atomic E-state index is -0.995. The highest BCUT2D eigenvalue weighted by Crippen LogP contribution is 2.14. The number of ether oxygens (including phenoxy) is 2. The topological polar surface area (TPSA) is 81.9 Å². The van der Waals surface area contributed by atoms with Crippen molar-refractivity contribution in [2.24, 2.45) is 5.84 Å². The Bertz CT molecular complexity index is 224. The van der Waals surface area contributed by atoms with Crippen LogP contribution in [0, 0.1) is 0 Å². The van der Waals surface area contributed by atoms with Gasteiger partial charge < -0.3 is 9.47 Å². The van der Waals surface area contributed by atoms with Crippen LogP contribution in [-0.4, -0.2) is 36.8 Å². The summed E-state index contributed by atoms with van der Waals surface area (Å²) in [5, 5.41) is 1.37. The van der Waals surface area contributed by atoms with Gasteiger partial charge in [0.2, 0.25) is 0 Å². The lowest BCUT2D eigenvalue weighted by atomic mass is 10.2. The summed E-state index contributed by atoms with van der Waals surface area (Å²) in [6.07, 6.45) is 0.453. The van der Waals surface area contributed by atoms with Gasteiger partial charge in [0, 0.05) is 6.54 Å². The number of carbonyl (C=O) groups excluding carboxylic acids is 2. The molecule has 1 saturated heterocycles. The molecule has 7 heteroatoms. The number of carbonyl (C=O) groups is 2. The Kier molecular flexibility index (Phi) is 5.44. The third-order valence-electron chi connectivity index (χ3n) is 1.92. The lowest BCUT2D eigenvalue weighted by molar-refractivity contribution is -0.144. The maximum absolute atomic E-state index is 11.2. The first kappa shape index (κ1) is 13.2. The number of nitrogens with zero attached hydrogens (tertiary/aromatic N) is 1. The standard InChI is InChI=1S/C7H12N2O4.ClH/c1-12-7(11)13-6(10)5-3-2-4-9(5)8;/h5H,2-4,8H2,1H3;1H. The van der Waals surface area contributed by atoms with Gasteiger partial charge in [-0.2, -0.15) is 0 Å². The Morgan fingerprint density at radius 2 is 2.14 bits per heavy atom. The first-order chi connectivity index (χ1) is 6.15. The highest BCUT2D eigenvalue weighted by Gasteiger charge is 2.31. The molecule has 14 heavy (non-hydrogen) atoms. The summed E-state index contributed by atoms with van der Waals surface area (Å²) < 4.78 is 8.51. The Labute approximate surface area is 87.7 Å². The predicted octanol–water partition coefficient (Wildman–Crippen LogP) is 0.0559. The number of hydrazine groups is 1. The Hall–Kier alpha value is -0.850. The summed E-state index contributed by atoms with van der Waals surface area (Å²) in [4.78, 5) is 21.7. The lowest BCUT2D eigenvalue weighted by Crippen LogP contribution is -2.42. The van der Waals surface area contributed by atoms with Gasteiger partial charge in [-0.15, -0.1) is 12.4 Å². The molecule has 0 bridgehead atoms. The van der Waals surface area contributed by atoms with Gasteiger partial charge in [-0.3, -0.25) is 5.84 Å². The van der Waals surface area contributed by atoms with E-state index in [1.54, 1.807) is 0 Å². The molecule has 0 aromatic rings. The molecular formula is C7H13ClN2O4. The van der Waals surface area contributed by atoms with Crippen molar-refractivity contribution < 1.29 is 19.1 Å². The fourth-order valence-electron chi connectivity index (χ4n) is 1.23. The van der Waals surface area contributed by atoms with Crippen molar-refractivity contribution in [3.05, 3.63) is 0 Å². The van der Waals surface area contributed by atoms with E-state index in [1.807, 2.05) is 0 Å². The molecule has 1 heterocycles. The average molecular weight is 225 g/mol. The highest BCUT2D eigenvalue weighted by atomic mass is 35.5. The molecule has 1 atom stereocenters. The number of methoxy groups -OCH3 is 1. The summed E-state index contributed by atoms with van der Waals surface area (Å²) in [7, 11) is 1.14. The highest BCUT2D eigenvalue weighted by molar-refractivity contribution is 5.85. The minimum absolute atomic E-state index is 0. The quantitative estimate of drug-likeness (QED) is 0.385. The summed E-state index contributed by atoms with van der Waals surface area (Å²) in [6, 6.07) is -0.515. The van der Waals surface area contributed by atoms with Crippen LogP contribution in [0.1, 0.15) is 12.8 Å². The molecule has 1 fully saturated rings. The number of hydrogen-bond acceptors (Lipinski definition) is 6. The van der Waals surface area contributed by atoms with Crippen molar-refractivity contribution in [2.45, 2.75) is 18.9 Å². The zero-order chi connectivity index (χ0) is 9.84. The molecule has 0 amide bonds. The van der Waals surface area contributed by atoms with Crippen LogP contribution in [0.25, 0.3) is 0 Å². The Morgan fingerprint density at radius 1 is 1.50 bits per heavy atom. The van der Waals surface area contributed by atoms with Crippen LogP contribution in [0.4, 0.5) is 4.79 Å². The summed E-state index contributed by atoms with van der Waals surface area (Å²) in [5.74, 6) is 4.83. The minimum Gasteiger partial charge on any atom is -0.437 e. The molecule has 0 aromatic carbocycles. The van der Waals surface area contributed by atoms with Gasteiger partial charge >= 0.3 is 12.1 Å². The zero-order valence-electron chi connectivity index (χ0n) is 7.76. The fraction of sp³-hybridized carbons (Fsp3) is 0.714. The Balaban J connectivity index is 0.00000169. The second-order valence-electron chi connectivity index (χ2n) is 2.77. The lowest BCUT2D eigenvalue weighted by Gasteiger charge is -2.15. The number of esters is 1. The van der Waals surface area contributed by atoms with Crippen LogP contribution >= 0.6 is 12.4 Å². The fourth-order valence-corrected chi connectivity index (χ4v) is 1.23. The molecule has 0 radical (unpaired) electrons. The van der Waals surface area contributed by atoms with Crippen LogP contribution < -0.4 is 5.84 Å². The molecule has 1 rings (SSSR count).